The Balaban J connectivity index is 1.62. The van der Waals surface area contributed by atoms with Gasteiger partial charge in [-0.15, -0.1) is 0 Å². The van der Waals surface area contributed by atoms with Crippen molar-refractivity contribution in [3.63, 3.8) is 0 Å². The number of carbonyl (C=O) groups excluding carboxylic acids is 5. The highest BCUT2D eigenvalue weighted by molar-refractivity contribution is 6.32. The fourth-order valence-corrected chi connectivity index (χ4v) is 7.16. The third-order valence-corrected chi connectivity index (χ3v) is 9.17. The van der Waals surface area contributed by atoms with Gasteiger partial charge in [-0.3, -0.25) is 28.9 Å². The van der Waals surface area contributed by atoms with E-state index in [0.29, 0.717) is 5.56 Å². The van der Waals surface area contributed by atoms with E-state index in [4.69, 9.17) is 5.73 Å². The molecule has 0 bridgehead atoms. The standard InChI is InChI=1S/C29H33N3O8/c1-5-12-6-7-13(10-12)31-15-9-8-14-11(2)16-18(23(34)17(14)22(15)33)26(37)29(40)20(24(16)35)21(32(3)4)25(36)19(27(29)38)28(30)39/h7-11,16,18-21,24,31,33,35,40H,5-6H2,1-4H3,(H2,30,39)/t11-,16+,18?,19?,20+,21-,24-,29-/m1/s1. The van der Waals surface area contributed by atoms with Gasteiger partial charge >= 0.3 is 0 Å². The summed E-state index contributed by atoms with van der Waals surface area (Å²) in [6.45, 7) is 3.71. The number of ketones is 4. The van der Waals surface area contributed by atoms with E-state index in [1.54, 1.807) is 19.1 Å². The quantitative estimate of drug-likeness (QED) is 0.254. The van der Waals surface area contributed by atoms with Crippen LogP contribution in [0.3, 0.4) is 0 Å². The first kappa shape index (κ1) is 27.9. The minimum Gasteiger partial charge on any atom is -0.505 e. The van der Waals surface area contributed by atoms with Crippen LogP contribution >= 0.6 is 0 Å². The molecule has 40 heavy (non-hydrogen) atoms. The summed E-state index contributed by atoms with van der Waals surface area (Å²) in [5, 5.41) is 37.7. The summed E-state index contributed by atoms with van der Waals surface area (Å²) < 4.78 is 0. The normalized spacial score (nSPS) is 35.1. The Morgan fingerprint density at radius 1 is 1.18 bits per heavy atom. The molecule has 1 aromatic carbocycles. The summed E-state index contributed by atoms with van der Waals surface area (Å²) >= 11 is 0. The summed E-state index contributed by atoms with van der Waals surface area (Å²) in [6.07, 6.45) is 3.85. The van der Waals surface area contributed by atoms with E-state index in [9.17, 15) is 39.3 Å². The lowest BCUT2D eigenvalue weighted by Gasteiger charge is -2.56. The number of rotatable bonds is 5. The molecule has 5 rings (SSSR count). The minimum atomic E-state index is -3.02. The van der Waals surface area contributed by atoms with Gasteiger partial charge in [0.25, 0.3) is 0 Å². The number of fused-ring (bicyclic) bond motifs is 3. The first-order chi connectivity index (χ1) is 18.8. The molecule has 0 spiro atoms. The smallest absolute Gasteiger partial charge is 0.235 e. The van der Waals surface area contributed by atoms with E-state index in [1.165, 1.54) is 24.6 Å². The second-order valence-electron chi connectivity index (χ2n) is 11.4. The number of hydrogen-bond donors (Lipinski definition) is 5. The molecular weight excluding hydrogens is 518 g/mol. The molecule has 0 radical (unpaired) electrons. The fraction of sp³-hybridized carbons (Fsp3) is 0.483. The summed E-state index contributed by atoms with van der Waals surface area (Å²) in [5.41, 5.74) is 4.74. The third-order valence-electron chi connectivity index (χ3n) is 9.17. The second-order valence-corrected chi connectivity index (χ2v) is 11.4. The molecule has 8 atom stereocenters. The molecule has 11 heteroatoms. The number of nitrogens with zero attached hydrogens (tertiary/aromatic N) is 1. The van der Waals surface area contributed by atoms with Crippen molar-refractivity contribution in [2.45, 2.75) is 50.4 Å². The van der Waals surface area contributed by atoms with Crippen LogP contribution in [0.15, 0.2) is 35.6 Å². The van der Waals surface area contributed by atoms with Crippen molar-refractivity contribution in [1.29, 1.82) is 0 Å². The van der Waals surface area contributed by atoms with Crippen LogP contribution in [0, 0.1) is 23.7 Å². The lowest BCUT2D eigenvalue weighted by atomic mass is 9.49. The zero-order valence-electron chi connectivity index (χ0n) is 22.7. The summed E-state index contributed by atoms with van der Waals surface area (Å²) in [5.74, 6) is -13.4. The van der Waals surface area contributed by atoms with E-state index < -0.39 is 82.1 Å². The van der Waals surface area contributed by atoms with Crippen LogP contribution in [-0.2, 0) is 19.2 Å². The van der Waals surface area contributed by atoms with Crippen LogP contribution in [0.25, 0.3) is 0 Å². The fourth-order valence-electron chi connectivity index (χ4n) is 7.16. The molecule has 0 heterocycles. The van der Waals surface area contributed by atoms with Gasteiger partial charge in [0.05, 0.1) is 35.2 Å². The van der Waals surface area contributed by atoms with Crippen LogP contribution in [0.1, 0.15) is 48.5 Å². The highest BCUT2D eigenvalue weighted by Crippen LogP contribution is 2.55. The number of phenolic OH excluding ortho intramolecular Hbond substituents is 1. The van der Waals surface area contributed by atoms with E-state index in [1.807, 2.05) is 19.1 Å². The Morgan fingerprint density at radius 3 is 2.42 bits per heavy atom. The number of nitrogens with two attached hydrogens (primary N) is 1. The van der Waals surface area contributed by atoms with Gasteiger partial charge in [0.1, 0.15) is 5.75 Å². The SMILES string of the molecule is CCC1=CC(Nc2ccc3c(c2O)C(=O)C2C(=O)[C@@]4(O)C(=O)C(C(N)=O)C(=O)[C@H](N(C)C)[C@H]4[C@H](O)[C@H]2[C@@H]3C)=CC1. The van der Waals surface area contributed by atoms with E-state index in [-0.39, 0.29) is 11.3 Å². The maximum Gasteiger partial charge on any atom is 0.235 e. The average molecular weight is 552 g/mol. The number of anilines is 1. The summed E-state index contributed by atoms with van der Waals surface area (Å²) in [7, 11) is 2.91. The molecule has 2 unspecified atom stereocenters. The number of primary amides is 1. The van der Waals surface area contributed by atoms with Crippen molar-refractivity contribution in [2.75, 3.05) is 19.4 Å². The number of hydrogen-bond acceptors (Lipinski definition) is 10. The van der Waals surface area contributed by atoms with Crippen LogP contribution in [-0.4, -0.2) is 81.1 Å². The van der Waals surface area contributed by atoms with Crippen LogP contribution in [0.5, 0.6) is 5.75 Å². The van der Waals surface area contributed by atoms with Gasteiger partial charge in [-0.25, -0.2) is 0 Å². The van der Waals surface area contributed by atoms with E-state index in [0.717, 1.165) is 18.5 Å². The third kappa shape index (κ3) is 3.64. The van der Waals surface area contributed by atoms with Crippen molar-refractivity contribution < 1.29 is 39.3 Å². The first-order valence-electron chi connectivity index (χ1n) is 13.3. The number of allylic oxidation sites excluding steroid dienone is 3. The Morgan fingerprint density at radius 2 is 1.85 bits per heavy atom. The monoisotopic (exact) mass is 551 g/mol. The van der Waals surface area contributed by atoms with Crippen molar-refractivity contribution in [3.05, 3.63) is 46.7 Å². The number of Topliss-reactive ketones (excluding diaryl/α,β-unsaturated/α-hetero) is 4. The van der Waals surface area contributed by atoms with Crippen molar-refractivity contribution in [1.82, 2.24) is 4.90 Å². The molecule has 11 nitrogen and oxygen atoms in total. The molecule has 0 aliphatic heterocycles. The number of likely N-dealkylation sites (N-methyl/N-ethyl adjacent to an activating group) is 1. The zero-order chi connectivity index (χ0) is 29.4. The van der Waals surface area contributed by atoms with Crippen LogP contribution in [0.4, 0.5) is 5.69 Å². The molecule has 0 saturated heterocycles. The highest BCUT2D eigenvalue weighted by Gasteiger charge is 2.72. The molecule has 1 amide bonds. The molecule has 4 aliphatic rings. The predicted molar refractivity (Wildman–Crippen MR) is 142 cm³/mol. The molecule has 212 valence electrons. The van der Waals surface area contributed by atoms with Gasteiger partial charge in [-0.1, -0.05) is 31.6 Å². The van der Waals surface area contributed by atoms with Gasteiger partial charge < -0.3 is 26.4 Å². The molecule has 1 aromatic rings. The Hall–Kier alpha value is -3.67. The van der Waals surface area contributed by atoms with Crippen molar-refractivity contribution >= 4 is 34.7 Å². The maximum absolute atomic E-state index is 14.0. The Labute approximate surface area is 230 Å². The number of carbonyl (C=O) groups is 5. The van der Waals surface area contributed by atoms with Gasteiger partial charge in [-0.2, -0.15) is 0 Å². The second kappa shape index (κ2) is 9.46. The van der Waals surface area contributed by atoms with Gasteiger partial charge in [0.15, 0.2) is 34.7 Å². The molecule has 0 aromatic heterocycles. The van der Waals surface area contributed by atoms with E-state index in [2.05, 4.69) is 5.32 Å². The predicted octanol–water partition coefficient (Wildman–Crippen LogP) is 0.435. The maximum atomic E-state index is 14.0. The number of amides is 1. The molecule has 4 aliphatic carbocycles. The van der Waals surface area contributed by atoms with Crippen LogP contribution < -0.4 is 11.1 Å². The van der Waals surface area contributed by atoms with Gasteiger partial charge in [0.2, 0.25) is 5.91 Å². The average Bonchev–Trinajstić information content (AvgIpc) is 3.34. The molecule has 2 saturated carbocycles. The number of phenols is 1. The largest absolute Gasteiger partial charge is 0.505 e. The number of benzene rings is 1. The summed E-state index contributed by atoms with van der Waals surface area (Å²) in [6, 6.07) is 1.85. The molecule has 6 N–H and O–H groups in total. The molecule has 2 fully saturated rings. The lowest BCUT2D eigenvalue weighted by molar-refractivity contribution is -0.196. The van der Waals surface area contributed by atoms with Crippen LogP contribution in [0.2, 0.25) is 0 Å². The Bertz CT molecular complexity index is 1430. The summed E-state index contributed by atoms with van der Waals surface area (Å²) in [4.78, 5) is 68.1. The first-order valence-corrected chi connectivity index (χ1v) is 13.3. The Kier molecular flexibility index (Phi) is 6.60. The minimum absolute atomic E-state index is 0.144. The van der Waals surface area contributed by atoms with Gasteiger partial charge in [0, 0.05) is 11.6 Å². The van der Waals surface area contributed by atoms with E-state index >= 15 is 0 Å². The lowest BCUT2D eigenvalue weighted by Crippen LogP contribution is -2.77. The van der Waals surface area contributed by atoms with Gasteiger partial charge in [-0.05, 0) is 50.6 Å². The number of aromatic hydroxyl groups is 1. The number of aliphatic hydroxyl groups is 2. The number of nitrogens with one attached hydrogen (secondary N) is 1. The zero-order valence-corrected chi connectivity index (χ0v) is 22.7. The molecular formula is C29H33N3O8. The highest BCUT2D eigenvalue weighted by atomic mass is 16.3. The topological polar surface area (TPSA) is 187 Å². The van der Waals surface area contributed by atoms with Crippen molar-refractivity contribution in [3.8, 4) is 5.75 Å². The number of aliphatic hydroxyl groups excluding tert-OH is 1. The van der Waals surface area contributed by atoms with Crippen molar-refractivity contribution in [2.24, 2.45) is 29.4 Å².